The van der Waals surface area contributed by atoms with Crippen molar-refractivity contribution in [3.63, 3.8) is 0 Å². The van der Waals surface area contributed by atoms with E-state index in [2.05, 4.69) is 67.5 Å². The summed E-state index contributed by atoms with van der Waals surface area (Å²) in [5, 5.41) is 4.54. The highest BCUT2D eigenvalue weighted by atomic mass is 15.3. The van der Waals surface area contributed by atoms with Crippen LogP contribution in [0.15, 0.2) is 48.5 Å². The Kier molecular flexibility index (Phi) is 6.80. The smallest absolute Gasteiger partial charge is 0.158 e. The first-order chi connectivity index (χ1) is 13.2. The second kappa shape index (κ2) is 9.50. The number of rotatable bonds is 9. The van der Waals surface area contributed by atoms with E-state index in [9.17, 15) is 0 Å². The minimum Gasteiger partial charge on any atom is -0.249 e. The highest BCUT2D eigenvalue weighted by Crippen LogP contribution is 2.26. The Balaban J connectivity index is 1.75. The molecule has 0 spiro atoms. The molecule has 0 saturated heterocycles. The van der Waals surface area contributed by atoms with Crippen molar-refractivity contribution in [2.24, 2.45) is 7.05 Å². The second-order valence-corrected chi connectivity index (χ2v) is 7.31. The van der Waals surface area contributed by atoms with Crippen molar-refractivity contribution in [2.75, 3.05) is 0 Å². The van der Waals surface area contributed by atoms with Crippen LogP contribution in [0.3, 0.4) is 0 Å². The summed E-state index contributed by atoms with van der Waals surface area (Å²) in [5.74, 6) is 1.86. The Hall–Kier alpha value is -2.42. The molecule has 27 heavy (non-hydrogen) atoms. The lowest BCUT2D eigenvalue weighted by molar-refractivity contribution is 0.667. The number of hydrogen-bond donors (Lipinski definition) is 0. The van der Waals surface area contributed by atoms with Gasteiger partial charge in [-0.15, -0.1) is 0 Å². The summed E-state index contributed by atoms with van der Waals surface area (Å²) in [7, 11) is 1.97. The molecule has 3 aromatic rings. The quantitative estimate of drug-likeness (QED) is 0.423. The second-order valence-electron chi connectivity index (χ2n) is 7.31. The number of benzene rings is 2. The van der Waals surface area contributed by atoms with Crippen LogP contribution < -0.4 is 0 Å². The molecule has 3 heteroatoms. The van der Waals surface area contributed by atoms with Crippen LogP contribution in [0.5, 0.6) is 0 Å². The van der Waals surface area contributed by atoms with Gasteiger partial charge in [0.15, 0.2) is 11.6 Å². The van der Waals surface area contributed by atoms with Gasteiger partial charge >= 0.3 is 0 Å². The van der Waals surface area contributed by atoms with Gasteiger partial charge in [0.25, 0.3) is 0 Å². The predicted octanol–water partition coefficient (Wildman–Crippen LogP) is 6.22. The molecule has 0 amide bonds. The van der Waals surface area contributed by atoms with E-state index in [0.717, 1.165) is 30.1 Å². The van der Waals surface area contributed by atoms with E-state index in [0.29, 0.717) is 0 Å². The fourth-order valence-electron chi connectivity index (χ4n) is 3.48. The molecule has 0 saturated carbocycles. The molecule has 1 heterocycles. The van der Waals surface area contributed by atoms with Gasteiger partial charge in [-0.05, 0) is 42.0 Å². The molecule has 0 aliphatic heterocycles. The van der Waals surface area contributed by atoms with Gasteiger partial charge in [0.05, 0.1) is 0 Å². The van der Waals surface area contributed by atoms with Crippen molar-refractivity contribution >= 4 is 0 Å². The number of nitrogens with zero attached hydrogens (tertiary/aromatic N) is 3. The average Bonchev–Trinajstić information content (AvgIpc) is 3.06. The van der Waals surface area contributed by atoms with E-state index < -0.39 is 0 Å². The first-order valence-corrected chi connectivity index (χ1v) is 10.3. The van der Waals surface area contributed by atoms with Crippen LogP contribution in [-0.4, -0.2) is 14.8 Å². The van der Waals surface area contributed by atoms with E-state index in [1.807, 2.05) is 11.7 Å². The van der Waals surface area contributed by atoms with Crippen LogP contribution in [0.1, 0.15) is 57.3 Å². The Morgan fingerprint density at radius 3 is 2.30 bits per heavy atom. The van der Waals surface area contributed by atoms with Crippen LogP contribution >= 0.6 is 0 Å². The van der Waals surface area contributed by atoms with E-state index in [-0.39, 0.29) is 0 Å². The van der Waals surface area contributed by atoms with Crippen molar-refractivity contribution in [3.05, 3.63) is 59.9 Å². The third-order valence-corrected chi connectivity index (χ3v) is 5.01. The van der Waals surface area contributed by atoms with Gasteiger partial charge < -0.3 is 0 Å². The van der Waals surface area contributed by atoms with Gasteiger partial charge in [-0.3, -0.25) is 0 Å². The number of aromatic nitrogens is 3. The fraction of sp³-hybridized carbons (Fsp3) is 0.417. The Bertz CT molecular complexity index is 846. The van der Waals surface area contributed by atoms with Gasteiger partial charge in [-0.1, -0.05) is 75.6 Å². The van der Waals surface area contributed by atoms with Gasteiger partial charge in [0.2, 0.25) is 0 Å². The van der Waals surface area contributed by atoms with Gasteiger partial charge in [0.1, 0.15) is 0 Å². The number of aryl methyl sites for hydroxylation is 3. The molecule has 0 aliphatic carbocycles. The van der Waals surface area contributed by atoms with E-state index in [4.69, 9.17) is 4.98 Å². The van der Waals surface area contributed by atoms with Gasteiger partial charge in [-0.25, -0.2) is 9.67 Å². The third kappa shape index (κ3) is 5.06. The predicted molar refractivity (Wildman–Crippen MR) is 114 cm³/mol. The van der Waals surface area contributed by atoms with Crippen molar-refractivity contribution < 1.29 is 0 Å². The zero-order valence-electron chi connectivity index (χ0n) is 16.9. The van der Waals surface area contributed by atoms with Crippen molar-refractivity contribution in [1.82, 2.24) is 14.8 Å². The monoisotopic (exact) mass is 361 g/mol. The van der Waals surface area contributed by atoms with Crippen molar-refractivity contribution in [1.29, 1.82) is 0 Å². The summed E-state index contributed by atoms with van der Waals surface area (Å²) in [6.45, 7) is 4.42. The maximum absolute atomic E-state index is 4.72. The van der Waals surface area contributed by atoms with Crippen LogP contribution in [0, 0.1) is 0 Å². The molecule has 2 aromatic carbocycles. The molecule has 0 radical (unpaired) electrons. The first kappa shape index (κ1) is 19.3. The number of hydrogen-bond acceptors (Lipinski definition) is 2. The Morgan fingerprint density at radius 1 is 0.778 bits per heavy atom. The third-order valence-electron chi connectivity index (χ3n) is 5.01. The van der Waals surface area contributed by atoms with Crippen molar-refractivity contribution in [3.8, 4) is 22.5 Å². The molecule has 0 bridgehead atoms. The standard InChI is InChI=1S/C24H31N3/c1-4-6-7-8-11-19-14-16-20(17-15-19)21-12-9-13-22(18-21)24-25-23(10-5-2)26-27(24)3/h9,12-18H,4-8,10-11H2,1-3H3. The molecule has 0 aliphatic rings. The molecular weight excluding hydrogens is 330 g/mol. The van der Waals surface area contributed by atoms with Crippen LogP contribution in [0.25, 0.3) is 22.5 Å². The van der Waals surface area contributed by atoms with E-state index in [1.165, 1.54) is 48.8 Å². The highest BCUT2D eigenvalue weighted by Gasteiger charge is 2.10. The topological polar surface area (TPSA) is 30.7 Å². The maximum Gasteiger partial charge on any atom is 0.158 e. The highest BCUT2D eigenvalue weighted by molar-refractivity contribution is 5.70. The lowest BCUT2D eigenvalue weighted by atomic mass is 9.99. The molecule has 1 aromatic heterocycles. The molecule has 3 rings (SSSR count). The molecule has 3 nitrogen and oxygen atoms in total. The fourth-order valence-corrected chi connectivity index (χ4v) is 3.48. The Labute approximate surface area is 163 Å². The molecule has 0 N–H and O–H groups in total. The largest absolute Gasteiger partial charge is 0.249 e. The lowest BCUT2D eigenvalue weighted by Crippen LogP contribution is -1.95. The minimum absolute atomic E-state index is 0.924. The van der Waals surface area contributed by atoms with Gasteiger partial charge in [-0.2, -0.15) is 5.10 Å². The van der Waals surface area contributed by atoms with E-state index >= 15 is 0 Å². The maximum atomic E-state index is 4.72. The van der Waals surface area contributed by atoms with Crippen molar-refractivity contribution in [2.45, 2.75) is 58.8 Å². The van der Waals surface area contributed by atoms with Crippen LogP contribution in [0.2, 0.25) is 0 Å². The molecule has 0 unspecified atom stereocenters. The Morgan fingerprint density at radius 2 is 1.56 bits per heavy atom. The normalized spacial score (nSPS) is 11.1. The minimum atomic E-state index is 0.924. The van der Waals surface area contributed by atoms with Gasteiger partial charge in [0, 0.05) is 19.0 Å². The number of unbranched alkanes of at least 4 members (excludes halogenated alkanes) is 3. The summed E-state index contributed by atoms with van der Waals surface area (Å²) in [6, 6.07) is 17.6. The molecule has 0 atom stereocenters. The van der Waals surface area contributed by atoms with Crippen LogP contribution in [0.4, 0.5) is 0 Å². The summed E-state index contributed by atoms with van der Waals surface area (Å²) < 4.78 is 1.89. The zero-order valence-corrected chi connectivity index (χ0v) is 16.9. The molecular formula is C24H31N3. The van der Waals surface area contributed by atoms with Crippen LogP contribution in [-0.2, 0) is 19.9 Å². The molecule has 0 fully saturated rings. The summed E-state index contributed by atoms with van der Waals surface area (Å²) in [6.07, 6.45) is 8.42. The summed E-state index contributed by atoms with van der Waals surface area (Å²) >= 11 is 0. The zero-order chi connectivity index (χ0) is 19.1. The SMILES string of the molecule is CCCCCCc1ccc(-c2cccc(-c3nc(CCC)nn3C)c2)cc1. The first-order valence-electron chi connectivity index (χ1n) is 10.3. The lowest BCUT2D eigenvalue weighted by Gasteiger charge is -2.07. The molecule has 142 valence electrons. The summed E-state index contributed by atoms with van der Waals surface area (Å²) in [4.78, 5) is 4.72. The summed E-state index contributed by atoms with van der Waals surface area (Å²) in [5.41, 5.74) is 5.03. The van der Waals surface area contributed by atoms with E-state index in [1.54, 1.807) is 0 Å². The average molecular weight is 362 g/mol.